The first-order chi connectivity index (χ1) is 11.1. The Balaban J connectivity index is 2.15. The largest absolute Gasteiger partial charge is 0.392 e. The van der Waals surface area contributed by atoms with Crippen LogP contribution in [-0.2, 0) is 4.79 Å². The van der Waals surface area contributed by atoms with Crippen molar-refractivity contribution in [1.29, 1.82) is 0 Å². The monoisotopic (exact) mass is 334 g/mol. The lowest BCUT2D eigenvalue weighted by molar-refractivity contribution is -0.128. The van der Waals surface area contributed by atoms with Gasteiger partial charge in [0.15, 0.2) is 5.78 Å². The second-order valence-corrected chi connectivity index (χ2v) is 8.69. The second kappa shape index (κ2) is 5.79. The molecule has 0 amide bonds. The number of aliphatic hydroxyl groups is 3. The van der Waals surface area contributed by atoms with Crippen molar-refractivity contribution < 1.29 is 20.1 Å². The Bertz CT molecular complexity index is 617. The molecule has 0 spiro atoms. The van der Waals surface area contributed by atoms with Crippen molar-refractivity contribution in [3.8, 4) is 0 Å². The Hall–Kier alpha value is -0.970. The molecule has 0 aromatic heterocycles. The number of allylic oxidation sites excluding steroid dienone is 1. The normalized spacial score (nSPS) is 42.8. The van der Waals surface area contributed by atoms with E-state index in [0.717, 1.165) is 6.42 Å². The van der Waals surface area contributed by atoms with Gasteiger partial charge in [0.25, 0.3) is 0 Å². The smallest absolute Gasteiger partial charge is 0.162 e. The highest BCUT2D eigenvalue weighted by molar-refractivity contribution is 5.96. The molecular weight excluding hydrogens is 304 g/mol. The van der Waals surface area contributed by atoms with Gasteiger partial charge in [0, 0.05) is 10.8 Å². The van der Waals surface area contributed by atoms with E-state index in [4.69, 9.17) is 0 Å². The minimum atomic E-state index is -0.799. The number of ketones is 1. The maximum absolute atomic E-state index is 13.0. The molecule has 1 fully saturated rings. The fourth-order valence-corrected chi connectivity index (χ4v) is 5.20. The lowest BCUT2D eigenvalue weighted by Gasteiger charge is -2.49. The van der Waals surface area contributed by atoms with Crippen molar-refractivity contribution in [2.45, 2.75) is 65.6 Å². The van der Waals surface area contributed by atoms with E-state index < -0.39 is 17.6 Å². The van der Waals surface area contributed by atoms with Gasteiger partial charge in [-0.1, -0.05) is 38.8 Å². The number of hydrogen-bond donors (Lipinski definition) is 3. The molecule has 5 atom stereocenters. The third-order valence-corrected chi connectivity index (χ3v) is 7.04. The number of carbonyl (C=O) groups excluding carboxylic acids is 1. The van der Waals surface area contributed by atoms with Gasteiger partial charge >= 0.3 is 0 Å². The average Bonchev–Trinajstić information content (AvgIpc) is 2.74. The molecule has 0 aromatic rings. The van der Waals surface area contributed by atoms with E-state index in [9.17, 15) is 20.1 Å². The molecule has 1 saturated carbocycles. The summed E-state index contributed by atoms with van der Waals surface area (Å²) < 4.78 is 0. The summed E-state index contributed by atoms with van der Waals surface area (Å²) in [5, 5.41) is 30.8. The first-order valence-corrected chi connectivity index (χ1v) is 9.10. The number of aliphatic hydroxyl groups excluding tert-OH is 3. The van der Waals surface area contributed by atoms with Gasteiger partial charge in [-0.05, 0) is 49.2 Å². The van der Waals surface area contributed by atoms with Gasteiger partial charge in [-0.15, -0.1) is 0 Å². The number of fused-ring (bicyclic) bond motifs is 3. The van der Waals surface area contributed by atoms with Gasteiger partial charge in [-0.3, -0.25) is 4.79 Å². The molecular formula is C20H30O4. The van der Waals surface area contributed by atoms with Crippen molar-refractivity contribution in [3.63, 3.8) is 0 Å². The molecule has 0 heterocycles. The van der Waals surface area contributed by atoms with Crippen LogP contribution in [0.5, 0.6) is 0 Å². The van der Waals surface area contributed by atoms with E-state index in [1.54, 1.807) is 0 Å². The Kier molecular flexibility index (Phi) is 4.30. The molecule has 4 heteroatoms. The number of hydrogen-bond acceptors (Lipinski definition) is 4. The van der Waals surface area contributed by atoms with Crippen LogP contribution in [0.4, 0.5) is 0 Å². The van der Waals surface area contributed by atoms with E-state index in [1.807, 2.05) is 6.92 Å². The summed E-state index contributed by atoms with van der Waals surface area (Å²) in [6.45, 7) is 8.10. The maximum Gasteiger partial charge on any atom is 0.162 e. The third-order valence-electron chi connectivity index (χ3n) is 7.04. The predicted molar refractivity (Wildman–Crippen MR) is 92.2 cm³/mol. The molecule has 24 heavy (non-hydrogen) atoms. The van der Waals surface area contributed by atoms with Crippen molar-refractivity contribution in [1.82, 2.24) is 0 Å². The molecule has 3 aliphatic rings. The zero-order valence-corrected chi connectivity index (χ0v) is 15.2. The van der Waals surface area contributed by atoms with Crippen LogP contribution in [0.3, 0.4) is 0 Å². The van der Waals surface area contributed by atoms with Crippen LogP contribution < -0.4 is 0 Å². The van der Waals surface area contributed by atoms with E-state index in [1.165, 1.54) is 17.2 Å². The average molecular weight is 334 g/mol. The summed E-state index contributed by atoms with van der Waals surface area (Å²) in [5.74, 6) is 0.250. The fourth-order valence-electron chi connectivity index (χ4n) is 5.20. The topological polar surface area (TPSA) is 77.8 Å². The summed E-state index contributed by atoms with van der Waals surface area (Å²) in [6, 6.07) is 0. The molecule has 4 nitrogen and oxygen atoms in total. The Morgan fingerprint density at radius 2 is 1.83 bits per heavy atom. The van der Waals surface area contributed by atoms with Crippen LogP contribution in [0.1, 0.15) is 53.4 Å². The third kappa shape index (κ3) is 2.34. The first kappa shape index (κ1) is 17.8. The van der Waals surface area contributed by atoms with Gasteiger partial charge in [0.2, 0.25) is 0 Å². The van der Waals surface area contributed by atoms with Crippen molar-refractivity contribution in [3.05, 3.63) is 22.8 Å². The molecule has 0 aliphatic heterocycles. The highest BCUT2D eigenvalue weighted by Gasteiger charge is 2.58. The SMILES string of the molecule is CC(C)C1=C2C3CC(O)C(CO)=CC(=O)C3(C)CCC2(C)C(O)C1. The van der Waals surface area contributed by atoms with Crippen LogP contribution in [0, 0.1) is 22.7 Å². The van der Waals surface area contributed by atoms with Crippen LogP contribution in [0.15, 0.2) is 22.8 Å². The van der Waals surface area contributed by atoms with Gasteiger partial charge in [0.05, 0.1) is 18.8 Å². The van der Waals surface area contributed by atoms with Gasteiger partial charge in [0.1, 0.15) is 0 Å². The zero-order chi connectivity index (χ0) is 17.9. The Morgan fingerprint density at radius 1 is 1.21 bits per heavy atom. The van der Waals surface area contributed by atoms with Gasteiger partial charge < -0.3 is 15.3 Å². The van der Waals surface area contributed by atoms with Crippen molar-refractivity contribution in [2.24, 2.45) is 22.7 Å². The first-order valence-electron chi connectivity index (χ1n) is 9.10. The molecule has 0 bridgehead atoms. The van der Waals surface area contributed by atoms with E-state index in [0.29, 0.717) is 30.8 Å². The summed E-state index contributed by atoms with van der Waals surface area (Å²) >= 11 is 0. The van der Waals surface area contributed by atoms with E-state index in [2.05, 4.69) is 20.8 Å². The Morgan fingerprint density at radius 3 is 2.42 bits per heavy atom. The van der Waals surface area contributed by atoms with Crippen LogP contribution in [-0.4, -0.2) is 39.9 Å². The standard InChI is InChI=1S/C20H30O4/c1-11(2)13-8-17(24)20(4)6-5-19(3)14(18(13)20)9-15(22)12(10-21)7-16(19)23/h7,11,14-15,17,21-22,24H,5-6,8-10H2,1-4H3. The minimum Gasteiger partial charge on any atom is -0.392 e. The lowest BCUT2D eigenvalue weighted by Crippen LogP contribution is -2.47. The lowest BCUT2D eigenvalue weighted by atomic mass is 9.54. The molecule has 134 valence electrons. The summed E-state index contributed by atoms with van der Waals surface area (Å²) in [4.78, 5) is 13.0. The summed E-state index contributed by atoms with van der Waals surface area (Å²) in [7, 11) is 0. The minimum absolute atomic E-state index is 0.00662. The molecule has 3 aliphatic carbocycles. The molecule has 5 unspecified atom stereocenters. The molecule has 0 saturated heterocycles. The molecule has 0 radical (unpaired) electrons. The second-order valence-electron chi connectivity index (χ2n) is 8.69. The van der Waals surface area contributed by atoms with E-state index >= 15 is 0 Å². The number of carbonyl (C=O) groups is 1. The Labute approximate surface area is 144 Å². The highest BCUT2D eigenvalue weighted by atomic mass is 16.3. The van der Waals surface area contributed by atoms with Crippen LogP contribution >= 0.6 is 0 Å². The highest BCUT2D eigenvalue weighted by Crippen LogP contribution is 2.62. The van der Waals surface area contributed by atoms with Gasteiger partial charge in [-0.2, -0.15) is 0 Å². The predicted octanol–water partition coefficient (Wildman–Crippen LogP) is 2.38. The van der Waals surface area contributed by atoms with Crippen LogP contribution in [0.2, 0.25) is 0 Å². The summed E-state index contributed by atoms with van der Waals surface area (Å²) in [6.07, 6.45) is 2.87. The number of rotatable bonds is 2. The van der Waals surface area contributed by atoms with E-state index in [-0.39, 0.29) is 23.7 Å². The molecule has 3 N–H and O–H groups in total. The molecule has 3 rings (SSSR count). The van der Waals surface area contributed by atoms with Gasteiger partial charge in [-0.25, -0.2) is 0 Å². The summed E-state index contributed by atoms with van der Waals surface area (Å²) in [5.41, 5.74) is 2.03. The van der Waals surface area contributed by atoms with Crippen molar-refractivity contribution in [2.75, 3.05) is 6.61 Å². The zero-order valence-electron chi connectivity index (χ0n) is 15.2. The fraction of sp³-hybridized carbons (Fsp3) is 0.750. The maximum atomic E-state index is 13.0. The quantitative estimate of drug-likeness (QED) is 0.678. The van der Waals surface area contributed by atoms with Crippen molar-refractivity contribution >= 4 is 5.78 Å². The van der Waals surface area contributed by atoms with Crippen LogP contribution in [0.25, 0.3) is 0 Å². The molecule has 0 aromatic carbocycles.